The van der Waals surface area contributed by atoms with Crippen molar-refractivity contribution < 1.29 is 9.90 Å². The largest absolute Gasteiger partial charge is 0.392 e. The molecule has 2 N–H and O–H groups in total. The number of hydrogen-bond acceptors (Lipinski definition) is 3. The fourth-order valence-electron chi connectivity index (χ4n) is 2.06. The van der Waals surface area contributed by atoms with E-state index in [2.05, 4.69) is 10.3 Å². The average molecular weight is 234 g/mol. The first-order valence-corrected chi connectivity index (χ1v) is 5.87. The summed E-state index contributed by atoms with van der Waals surface area (Å²) in [6.07, 6.45) is 2.30. The number of pyridine rings is 1. The molecule has 1 aromatic heterocycles. The highest BCUT2D eigenvalue weighted by molar-refractivity contribution is 5.78. The zero-order chi connectivity index (χ0) is 12.5. The third kappa shape index (κ3) is 2.47. The van der Waals surface area contributed by atoms with Gasteiger partial charge in [-0.3, -0.25) is 9.78 Å². The SMILES string of the molecule is CC1(C)C(O)CC1NC(=O)Cc1ccccn1. The van der Waals surface area contributed by atoms with Crippen LogP contribution in [0.3, 0.4) is 0 Å². The first-order valence-electron chi connectivity index (χ1n) is 5.87. The molecule has 0 aliphatic heterocycles. The highest BCUT2D eigenvalue weighted by atomic mass is 16.3. The van der Waals surface area contributed by atoms with Crippen LogP contribution >= 0.6 is 0 Å². The summed E-state index contributed by atoms with van der Waals surface area (Å²) in [5.41, 5.74) is 0.544. The third-order valence-corrected chi connectivity index (χ3v) is 3.62. The summed E-state index contributed by atoms with van der Waals surface area (Å²) in [6.45, 7) is 3.93. The number of aliphatic hydroxyl groups excluding tert-OH is 1. The van der Waals surface area contributed by atoms with Crippen molar-refractivity contribution in [3.8, 4) is 0 Å². The second-order valence-corrected chi connectivity index (χ2v) is 5.19. The first kappa shape index (κ1) is 12.0. The Kier molecular flexibility index (Phi) is 3.15. The van der Waals surface area contributed by atoms with Crippen LogP contribution in [-0.2, 0) is 11.2 Å². The van der Waals surface area contributed by atoms with Crippen molar-refractivity contribution in [3.05, 3.63) is 30.1 Å². The Balaban J connectivity index is 1.87. The number of amides is 1. The van der Waals surface area contributed by atoms with Gasteiger partial charge in [0.15, 0.2) is 0 Å². The molecular weight excluding hydrogens is 216 g/mol. The van der Waals surface area contributed by atoms with Crippen LogP contribution in [0.5, 0.6) is 0 Å². The van der Waals surface area contributed by atoms with E-state index in [1.807, 2.05) is 32.0 Å². The Labute approximate surface area is 101 Å². The monoisotopic (exact) mass is 234 g/mol. The lowest BCUT2D eigenvalue weighted by molar-refractivity contribution is -0.128. The molecule has 1 heterocycles. The summed E-state index contributed by atoms with van der Waals surface area (Å²) in [5, 5.41) is 12.5. The number of aliphatic hydroxyl groups is 1. The third-order valence-electron chi connectivity index (χ3n) is 3.62. The Morgan fingerprint density at radius 1 is 1.59 bits per heavy atom. The fraction of sp³-hybridized carbons (Fsp3) is 0.538. The molecule has 1 aromatic rings. The maximum absolute atomic E-state index is 11.8. The molecule has 1 amide bonds. The molecule has 0 spiro atoms. The number of nitrogens with zero attached hydrogens (tertiary/aromatic N) is 1. The van der Waals surface area contributed by atoms with Crippen molar-refractivity contribution in [2.75, 3.05) is 0 Å². The summed E-state index contributed by atoms with van der Waals surface area (Å²) in [6, 6.07) is 5.59. The lowest BCUT2D eigenvalue weighted by atomic mass is 9.64. The minimum atomic E-state index is -0.317. The number of aromatic nitrogens is 1. The topological polar surface area (TPSA) is 62.2 Å². The molecule has 2 unspecified atom stereocenters. The number of nitrogens with one attached hydrogen (secondary N) is 1. The van der Waals surface area contributed by atoms with Gasteiger partial charge in [0.05, 0.1) is 12.5 Å². The van der Waals surface area contributed by atoms with E-state index >= 15 is 0 Å². The molecule has 92 valence electrons. The van der Waals surface area contributed by atoms with Crippen molar-refractivity contribution in [3.63, 3.8) is 0 Å². The minimum Gasteiger partial charge on any atom is -0.392 e. The van der Waals surface area contributed by atoms with Crippen LogP contribution in [0.4, 0.5) is 0 Å². The van der Waals surface area contributed by atoms with Gasteiger partial charge in [-0.05, 0) is 18.6 Å². The van der Waals surface area contributed by atoms with E-state index in [4.69, 9.17) is 0 Å². The Morgan fingerprint density at radius 3 is 2.88 bits per heavy atom. The van der Waals surface area contributed by atoms with E-state index in [-0.39, 0.29) is 23.5 Å². The fourth-order valence-corrected chi connectivity index (χ4v) is 2.06. The summed E-state index contributed by atoms with van der Waals surface area (Å²) in [7, 11) is 0. The molecule has 1 aliphatic carbocycles. The van der Waals surface area contributed by atoms with Gasteiger partial charge in [0.1, 0.15) is 0 Å². The molecule has 0 radical (unpaired) electrons. The van der Waals surface area contributed by atoms with Crippen LogP contribution in [0.15, 0.2) is 24.4 Å². The smallest absolute Gasteiger partial charge is 0.226 e. The number of rotatable bonds is 3. The maximum atomic E-state index is 11.8. The summed E-state index contributed by atoms with van der Waals surface area (Å²) in [4.78, 5) is 15.9. The normalized spacial score (nSPS) is 26.1. The molecule has 0 aromatic carbocycles. The van der Waals surface area contributed by atoms with Crippen molar-refractivity contribution in [1.82, 2.24) is 10.3 Å². The van der Waals surface area contributed by atoms with Gasteiger partial charge in [-0.25, -0.2) is 0 Å². The van der Waals surface area contributed by atoms with E-state index in [1.165, 1.54) is 0 Å². The van der Waals surface area contributed by atoms with Gasteiger partial charge < -0.3 is 10.4 Å². The molecular formula is C13H18N2O2. The zero-order valence-corrected chi connectivity index (χ0v) is 10.2. The van der Waals surface area contributed by atoms with Crippen molar-refractivity contribution in [2.45, 2.75) is 38.8 Å². The standard InChI is InChI=1S/C13H18N2O2/c1-13(2)10(8-11(13)16)15-12(17)7-9-5-3-4-6-14-9/h3-6,10-11,16H,7-8H2,1-2H3,(H,15,17). The summed E-state index contributed by atoms with van der Waals surface area (Å²) < 4.78 is 0. The van der Waals surface area contributed by atoms with E-state index in [0.29, 0.717) is 12.8 Å². The summed E-state index contributed by atoms with van der Waals surface area (Å²) >= 11 is 0. The average Bonchev–Trinajstić information content (AvgIpc) is 2.30. The molecule has 0 bridgehead atoms. The first-order chi connectivity index (χ1) is 8.00. The van der Waals surface area contributed by atoms with Crippen LogP contribution in [0.1, 0.15) is 26.0 Å². The molecule has 1 aliphatic rings. The van der Waals surface area contributed by atoms with Gasteiger partial charge in [0.25, 0.3) is 0 Å². The van der Waals surface area contributed by atoms with E-state index in [9.17, 15) is 9.90 Å². The van der Waals surface area contributed by atoms with E-state index < -0.39 is 0 Å². The van der Waals surface area contributed by atoms with Gasteiger partial charge in [0.2, 0.25) is 5.91 Å². The van der Waals surface area contributed by atoms with Crippen LogP contribution in [0.25, 0.3) is 0 Å². The summed E-state index contributed by atoms with van der Waals surface area (Å²) in [5.74, 6) is -0.0336. The van der Waals surface area contributed by atoms with Crippen LogP contribution in [0.2, 0.25) is 0 Å². The van der Waals surface area contributed by atoms with Gasteiger partial charge in [-0.2, -0.15) is 0 Å². The molecule has 2 atom stereocenters. The van der Waals surface area contributed by atoms with Crippen LogP contribution in [-0.4, -0.2) is 28.1 Å². The van der Waals surface area contributed by atoms with Crippen molar-refractivity contribution >= 4 is 5.91 Å². The van der Waals surface area contributed by atoms with E-state index in [1.54, 1.807) is 6.20 Å². The lowest BCUT2D eigenvalue weighted by Crippen LogP contribution is -2.61. The predicted octanol–water partition coefficient (Wildman–Crippen LogP) is 0.900. The molecule has 1 fully saturated rings. The molecule has 1 saturated carbocycles. The Hall–Kier alpha value is -1.42. The minimum absolute atomic E-state index is 0.0336. The molecule has 0 saturated heterocycles. The molecule has 2 rings (SSSR count). The van der Waals surface area contributed by atoms with Crippen LogP contribution < -0.4 is 5.32 Å². The maximum Gasteiger partial charge on any atom is 0.226 e. The van der Waals surface area contributed by atoms with Gasteiger partial charge >= 0.3 is 0 Å². The Bertz CT molecular complexity index is 403. The zero-order valence-electron chi connectivity index (χ0n) is 10.2. The van der Waals surface area contributed by atoms with Crippen molar-refractivity contribution in [1.29, 1.82) is 0 Å². The van der Waals surface area contributed by atoms with Gasteiger partial charge in [0, 0.05) is 23.3 Å². The molecule has 17 heavy (non-hydrogen) atoms. The quantitative estimate of drug-likeness (QED) is 0.816. The lowest BCUT2D eigenvalue weighted by Gasteiger charge is -2.49. The highest BCUT2D eigenvalue weighted by Gasteiger charge is 2.47. The second-order valence-electron chi connectivity index (χ2n) is 5.19. The van der Waals surface area contributed by atoms with Crippen LogP contribution in [0, 0.1) is 5.41 Å². The number of hydrogen-bond donors (Lipinski definition) is 2. The second kappa shape index (κ2) is 4.45. The Morgan fingerprint density at radius 2 is 2.35 bits per heavy atom. The number of carbonyl (C=O) groups is 1. The predicted molar refractivity (Wildman–Crippen MR) is 64.3 cm³/mol. The highest BCUT2D eigenvalue weighted by Crippen LogP contribution is 2.40. The molecule has 4 heteroatoms. The van der Waals surface area contributed by atoms with Crippen molar-refractivity contribution in [2.24, 2.45) is 5.41 Å². The van der Waals surface area contributed by atoms with Gasteiger partial charge in [-0.1, -0.05) is 19.9 Å². The molecule has 4 nitrogen and oxygen atoms in total. The number of carbonyl (C=O) groups excluding carboxylic acids is 1. The van der Waals surface area contributed by atoms with E-state index in [0.717, 1.165) is 5.69 Å². The van der Waals surface area contributed by atoms with Gasteiger partial charge in [-0.15, -0.1) is 0 Å².